The highest BCUT2D eigenvalue weighted by molar-refractivity contribution is 7.13. The third-order valence-electron chi connectivity index (χ3n) is 4.44. The van der Waals surface area contributed by atoms with Gasteiger partial charge in [-0.3, -0.25) is 10.1 Å². The summed E-state index contributed by atoms with van der Waals surface area (Å²) in [4.78, 5) is 21.6. The van der Waals surface area contributed by atoms with E-state index in [4.69, 9.17) is 18.6 Å². The molecule has 1 amide bonds. The van der Waals surface area contributed by atoms with Gasteiger partial charge >= 0.3 is 0 Å². The molecule has 1 N–H and O–H groups in total. The molecule has 0 saturated carbocycles. The van der Waals surface area contributed by atoms with Gasteiger partial charge in [0.15, 0.2) is 28.0 Å². The Kier molecular flexibility index (Phi) is 4.56. The molecule has 3 heterocycles. The van der Waals surface area contributed by atoms with Crippen LogP contribution >= 0.6 is 11.3 Å². The number of fused-ring (bicyclic) bond motifs is 2. The lowest BCUT2D eigenvalue weighted by atomic mass is 10.1. The smallest absolute Gasteiger partial charge is 0.262 e. The van der Waals surface area contributed by atoms with Gasteiger partial charge in [0.25, 0.3) is 5.91 Å². The van der Waals surface area contributed by atoms with Gasteiger partial charge in [-0.2, -0.15) is 0 Å². The fourth-order valence-corrected chi connectivity index (χ4v) is 3.58. The average molecular weight is 421 g/mol. The number of anilines is 1. The molecule has 8 nitrogen and oxygen atoms in total. The third-order valence-corrected chi connectivity index (χ3v) is 5.13. The van der Waals surface area contributed by atoms with Gasteiger partial charge in [-0.05, 0) is 24.3 Å². The third kappa shape index (κ3) is 3.35. The first-order valence-electron chi connectivity index (χ1n) is 8.97. The minimum Gasteiger partial charge on any atom is -0.493 e. The number of carbonyl (C=O) groups excluding carboxylic acids is 1. The SMILES string of the molecule is COc1cccc2cc(C(=O)Nc3nccs3)c(=Nc3ccc4c(c3)OCO4)oc12. The normalized spacial score (nSPS) is 12.9. The first kappa shape index (κ1) is 18.2. The van der Waals surface area contributed by atoms with Gasteiger partial charge in [0, 0.05) is 23.0 Å². The van der Waals surface area contributed by atoms with E-state index in [2.05, 4.69) is 15.3 Å². The van der Waals surface area contributed by atoms with Crippen molar-refractivity contribution < 1.29 is 23.4 Å². The second-order valence-corrected chi connectivity index (χ2v) is 7.18. The number of rotatable bonds is 4. The first-order valence-corrected chi connectivity index (χ1v) is 9.85. The zero-order chi connectivity index (χ0) is 20.5. The molecule has 9 heteroatoms. The van der Waals surface area contributed by atoms with Crippen molar-refractivity contribution >= 4 is 39.0 Å². The van der Waals surface area contributed by atoms with Crippen molar-refractivity contribution in [2.24, 2.45) is 4.99 Å². The molecule has 2 aromatic heterocycles. The van der Waals surface area contributed by atoms with E-state index in [1.165, 1.54) is 11.3 Å². The molecular formula is C21H15N3O5S. The number of nitrogens with zero attached hydrogens (tertiary/aromatic N) is 2. The second-order valence-electron chi connectivity index (χ2n) is 6.28. The van der Waals surface area contributed by atoms with Crippen molar-refractivity contribution in [3.05, 3.63) is 65.2 Å². The number of hydrogen-bond acceptors (Lipinski definition) is 8. The van der Waals surface area contributed by atoms with Gasteiger partial charge in [0.2, 0.25) is 12.3 Å². The summed E-state index contributed by atoms with van der Waals surface area (Å²) >= 11 is 1.32. The summed E-state index contributed by atoms with van der Waals surface area (Å²) in [7, 11) is 1.56. The average Bonchev–Trinajstić information content (AvgIpc) is 3.44. The number of thiazole rings is 1. The molecule has 0 saturated heterocycles. The van der Waals surface area contributed by atoms with E-state index in [1.807, 2.05) is 12.1 Å². The molecule has 0 atom stereocenters. The zero-order valence-corrected chi connectivity index (χ0v) is 16.6. The Balaban J connectivity index is 1.68. The van der Waals surface area contributed by atoms with Crippen molar-refractivity contribution in [3.8, 4) is 17.2 Å². The molecule has 150 valence electrons. The van der Waals surface area contributed by atoms with E-state index in [9.17, 15) is 4.79 Å². The molecule has 1 aliphatic rings. The summed E-state index contributed by atoms with van der Waals surface area (Å²) in [6.07, 6.45) is 1.62. The Bertz CT molecular complexity index is 1310. The van der Waals surface area contributed by atoms with Crippen LogP contribution in [0.5, 0.6) is 17.2 Å². The van der Waals surface area contributed by atoms with Gasteiger partial charge in [-0.25, -0.2) is 9.98 Å². The van der Waals surface area contributed by atoms with Crippen molar-refractivity contribution in [2.45, 2.75) is 0 Å². The van der Waals surface area contributed by atoms with Gasteiger partial charge in [-0.15, -0.1) is 11.3 Å². The first-order chi connectivity index (χ1) is 14.7. The topological polar surface area (TPSA) is 95.2 Å². The van der Waals surface area contributed by atoms with Gasteiger partial charge in [0.05, 0.1) is 12.8 Å². The summed E-state index contributed by atoms with van der Waals surface area (Å²) in [5.41, 5.74) is 1.45. The molecule has 0 unspecified atom stereocenters. The van der Waals surface area contributed by atoms with Crippen LogP contribution in [0.2, 0.25) is 0 Å². The minimum atomic E-state index is -0.377. The van der Waals surface area contributed by atoms with Crippen LogP contribution in [0.15, 0.2) is 63.5 Å². The zero-order valence-electron chi connectivity index (χ0n) is 15.7. The van der Waals surface area contributed by atoms with E-state index in [1.54, 1.807) is 49.0 Å². The van der Waals surface area contributed by atoms with Crippen LogP contribution < -0.4 is 25.1 Å². The van der Waals surface area contributed by atoms with Gasteiger partial charge < -0.3 is 18.6 Å². The Morgan fingerprint density at radius 3 is 2.93 bits per heavy atom. The highest BCUT2D eigenvalue weighted by atomic mass is 32.1. The Hall–Kier alpha value is -3.85. The fraction of sp³-hybridized carbons (Fsp3) is 0.0952. The number of amides is 1. The number of methoxy groups -OCH3 is 1. The highest BCUT2D eigenvalue weighted by Crippen LogP contribution is 2.35. The van der Waals surface area contributed by atoms with Crippen molar-refractivity contribution in [1.82, 2.24) is 4.98 Å². The van der Waals surface area contributed by atoms with E-state index in [-0.39, 0.29) is 23.8 Å². The molecule has 0 spiro atoms. The largest absolute Gasteiger partial charge is 0.493 e. The predicted molar refractivity (Wildman–Crippen MR) is 111 cm³/mol. The summed E-state index contributed by atoms with van der Waals surface area (Å²) in [5, 5.41) is 5.75. The Labute approximate surface area is 174 Å². The number of nitrogens with one attached hydrogen (secondary N) is 1. The Morgan fingerprint density at radius 2 is 2.10 bits per heavy atom. The van der Waals surface area contributed by atoms with Crippen molar-refractivity contribution in [1.29, 1.82) is 0 Å². The monoisotopic (exact) mass is 421 g/mol. The lowest BCUT2D eigenvalue weighted by Gasteiger charge is -2.08. The standard InChI is InChI=1S/C21H15N3O5S/c1-26-16-4-2-3-12-9-14(19(25)24-21-22-7-8-30-21)20(29-18(12)16)23-13-5-6-15-17(10-13)28-11-27-15/h2-10H,11H2,1H3,(H,22,24,25). The molecule has 0 bridgehead atoms. The van der Waals surface area contributed by atoms with Crippen molar-refractivity contribution in [2.75, 3.05) is 19.2 Å². The van der Waals surface area contributed by atoms with E-state index < -0.39 is 0 Å². The molecule has 0 aliphatic carbocycles. The highest BCUT2D eigenvalue weighted by Gasteiger charge is 2.17. The number of benzene rings is 2. The molecule has 1 aliphatic heterocycles. The van der Waals surface area contributed by atoms with Gasteiger partial charge in [0.1, 0.15) is 5.56 Å². The van der Waals surface area contributed by atoms with E-state index in [0.29, 0.717) is 39.0 Å². The lowest BCUT2D eigenvalue weighted by Crippen LogP contribution is -2.21. The molecule has 4 aromatic rings. The molecule has 30 heavy (non-hydrogen) atoms. The van der Waals surface area contributed by atoms with E-state index in [0.717, 1.165) is 0 Å². The maximum Gasteiger partial charge on any atom is 0.262 e. The lowest BCUT2D eigenvalue weighted by molar-refractivity contribution is 0.102. The number of hydrogen-bond donors (Lipinski definition) is 1. The molecule has 2 aromatic carbocycles. The van der Waals surface area contributed by atoms with Crippen LogP contribution in [0.1, 0.15) is 10.4 Å². The summed E-state index contributed by atoms with van der Waals surface area (Å²) in [5.74, 6) is 1.40. The molecule has 0 radical (unpaired) electrons. The van der Waals surface area contributed by atoms with Crippen LogP contribution in [0.25, 0.3) is 11.0 Å². The van der Waals surface area contributed by atoms with Crippen molar-refractivity contribution in [3.63, 3.8) is 0 Å². The van der Waals surface area contributed by atoms with Crippen LogP contribution in [-0.4, -0.2) is 24.8 Å². The quantitative estimate of drug-likeness (QED) is 0.533. The Morgan fingerprint density at radius 1 is 1.20 bits per heavy atom. The van der Waals surface area contributed by atoms with Crippen LogP contribution in [-0.2, 0) is 0 Å². The number of ether oxygens (including phenoxy) is 3. The predicted octanol–water partition coefficient (Wildman–Crippen LogP) is 4.11. The maximum atomic E-state index is 13.0. The number of carbonyl (C=O) groups is 1. The van der Waals surface area contributed by atoms with Crippen LogP contribution in [0.4, 0.5) is 10.8 Å². The fourth-order valence-electron chi connectivity index (χ4n) is 3.05. The summed E-state index contributed by atoms with van der Waals surface area (Å²) in [6, 6.07) is 12.4. The minimum absolute atomic E-state index is 0.139. The second kappa shape index (κ2) is 7.53. The molecule has 0 fully saturated rings. The summed E-state index contributed by atoms with van der Waals surface area (Å²) < 4.78 is 22.2. The van der Waals surface area contributed by atoms with Gasteiger partial charge in [-0.1, -0.05) is 12.1 Å². The van der Waals surface area contributed by atoms with Crippen LogP contribution in [0.3, 0.4) is 0 Å². The van der Waals surface area contributed by atoms with E-state index >= 15 is 0 Å². The summed E-state index contributed by atoms with van der Waals surface area (Å²) in [6.45, 7) is 0.164. The number of aromatic nitrogens is 1. The maximum absolute atomic E-state index is 13.0. The number of para-hydroxylation sites is 1. The van der Waals surface area contributed by atoms with Crippen LogP contribution in [0, 0.1) is 0 Å². The molecular weight excluding hydrogens is 406 g/mol. The molecule has 5 rings (SSSR count).